The van der Waals surface area contributed by atoms with E-state index in [1.165, 1.54) is 28.4 Å². The fourth-order valence-corrected chi connectivity index (χ4v) is 4.97. The van der Waals surface area contributed by atoms with Crippen molar-refractivity contribution in [2.75, 3.05) is 28.4 Å². The summed E-state index contributed by atoms with van der Waals surface area (Å²) in [7, 11) is 0.655. The van der Waals surface area contributed by atoms with Gasteiger partial charge in [-0.1, -0.05) is 60.7 Å². The second-order valence-electron chi connectivity index (χ2n) is 5.16. The molecule has 0 N–H and O–H groups in total. The maximum absolute atomic E-state index is 13.7. The van der Waals surface area contributed by atoms with Gasteiger partial charge in [0.05, 0.1) is 0 Å². The van der Waals surface area contributed by atoms with Crippen molar-refractivity contribution < 1.29 is 27.4 Å². The summed E-state index contributed by atoms with van der Waals surface area (Å²) in [5, 5.41) is -4.23. The van der Waals surface area contributed by atoms with E-state index in [2.05, 4.69) is 0 Å². The van der Waals surface area contributed by atoms with Crippen LogP contribution in [0.5, 0.6) is 0 Å². The number of benzene rings is 2. The number of ether oxygens (including phenoxy) is 4. The van der Waals surface area contributed by atoms with Crippen LogP contribution in [0.15, 0.2) is 60.7 Å². The zero-order valence-corrected chi connectivity index (χ0v) is 15.4. The molecule has 0 bridgehead atoms. The quantitative estimate of drug-likeness (QED) is 0.669. The van der Waals surface area contributed by atoms with Gasteiger partial charge < -0.3 is 18.9 Å². The SMILES string of the molecule is COC(OC)(c1ccccc1)S(=O)(=O)C(OC)(OC)c1ccccc1. The minimum Gasteiger partial charge on any atom is -0.337 e. The van der Waals surface area contributed by atoms with Crippen LogP contribution < -0.4 is 0 Å². The number of methoxy groups -OCH3 is 4. The Labute approximate surface area is 148 Å². The van der Waals surface area contributed by atoms with Gasteiger partial charge in [-0.15, -0.1) is 0 Å². The molecule has 2 aromatic carbocycles. The molecule has 7 heteroatoms. The molecule has 0 saturated heterocycles. The van der Waals surface area contributed by atoms with Crippen LogP contribution in [0.3, 0.4) is 0 Å². The van der Waals surface area contributed by atoms with Crippen LogP contribution in [0.1, 0.15) is 11.1 Å². The largest absolute Gasteiger partial charge is 0.337 e. The normalized spacial score (nSPS) is 13.0. The molecule has 6 nitrogen and oxygen atoms in total. The Hall–Kier alpha value is -1.77. The third kappa shape index (κ3) is 2.88. The predicted octanol–water partition coefficient (Wildman–Crippen LogP) is 2.61. The minimum absolute atomic E-state index is 0.300. The number of hydrogen-bond donors (Lipinski definition) is 0. The van der Waals surface area contributed by atoms with Gasteiger partial charge in [0.15, 0.2) is 0 Å². The summed E-state index contributed by atoms with van der Waals surface area (Å²) in [5.74, 6) is 0. The molecule has 0 radical (unpaired) electrons. The Kier molecular flexibility index (Phi) is 5.97. The lowest BCUT2D eigenvalue weighted by Gasteiger charge is -2.39. The molecule has 0 aliphatic heterocycles. The van der Waals surface area contributed by atoms with E-state index in [4.69, 9.17) is 18.9 Å². The smallest absolute Gasteiger partial charge is 0.306 e. The molecule has 2 aromatic rings. The highest BCUT2D eigenvalue weighted by atomic mass is 32.2. The van der Waals surface area contributed by atoms with Crippen LogP contribution in [0.4, 0.5) is 0 Å². The predicted molar refractivity (Wildman–Crippen MR) is 93.2 cm³/mol. The fraction of sp³-hybridized carbons (Fsp3) is 0.333. The van der Waals surface area contributed by atoms with Gasteiger partial charge in [-0.05, 0) is 0 Å². The average molecular weight is 366 g/mol. The topological polar surface area (TPSA) is 71.1 Å². The fourth-order valence-electron chi connectivity index (χ4n) is 2.85. The van der Waals surface area contributed by atoms with Gasteiger partial charge in [-0.2, -0.15) is 0 Å². The van der Waals surface area contributed by atoms with Crippen molar-refractivity contribution in [3.8, 4) is 0 Å². The molecule has 0 aromatic heterocycles. The highest BCUT2D eigenvalue weighted by molar-refractivity contribution is 7.92. The Morgan fingerprint density at radius 2 is 0.880 bits per heavy atom. The van der Waals surface area contributed by atoms with Crippen molar-refractivity contribution in [1.82, 2.24) is 0 Å². The lowest BCUT2D eigenvalue weighted by atomic mass is 10.2. The van der Waals surface area contributed by atoms with Crippen LogP contribution in [0, 0.1) is 0 Å². The first-order valence-electron chi connectivity index (χ1n) is 7.51. The maximum atomic E-state index is 13.7. The van der Waals surface area contributed by atoms with E-state index in [9.17, 15) is 8.42 Å². The number of hydrogen-bond acceptors (Lipinski definition) is 6. The van der Waals surface area contributed by atoms with Gasteiger partial charge in [0.1, 0.15) is 0 Å². The third-order valence-corrected chi connectivity index (χ3v) is 6.59. The Morgan fingerprint density at radius 1 is 0.600 bits per heavy atom. The average Bonchev–Trinajstić information content (AvgIpc) is 2.66. The van der Waals surface area contributed by atoms with Gasteiger partial charge in [-0.3, -0.25) is 0 Å². The lowest BCUT2D eigenvalue weighted by Crippen LogP contribution is -2.52. The third-order valence-electron chi connectivity index (χ3n) is 4.04. The molecule has 0 aliphatic rings. The van der Waals surface area contributed by atoms with E-state index in [0.717, 1.165) is 0 Å². The molecule has 0 saturated carbocycles. The van der Waals surface area contributed by atoms with Gasteiger partial charge >= 0.3 is 10.2 Å². The Bertz CT molecular complexity index is 704. The second kappa shape index (κ2) is 7.63. The van der Waals surface area contributed by atoms with E-state index in [1.54, 1.807) is 60.7 Å². The first-order valence-corrected chi connectivity index (χ1v) is 9.00. The van der Waals surface area contributed by atoms with E-state index in [1.807, 2.05) is 0 Å². The maximum Gasteiger partial charge on any atom is 0.306 e. The van der Waals surface area contributed by atoms with Crippen molar-refractivity contribution in [2.45, 2.75) is 10.2 Å². The monoisotopic (exact) mass is 366 g/mol. The molecule has 2 rings (SSSR count). The molecule has 25 heavy (non-hydrogen) atoms. The van der Waals surface area contributed by atoms with Crippen molar-refractivity contribution >= 4 is 9.84 Å². The number of sulfone groups is 1. The zero-order chi connectivity index (χ0) is 18.6. The standard InChI is InChI=1S/C18H22O6S/c1-21-17(22-2,15-11-7-5-8-12-15)25(19,20)18(23-3,24-4)16-13-9-6-10-14-16/h5-14H,1-4H3. The van der Waals surface area contributed by atoms with E-state index in [0.29, 0.717) is 11.1 Å². The van der Waals surface area contributed by atoms with Crippen LogP contribution >= 0.6 is 0 Å². The van der Waals surface area contributed by atoms with Gasteiger partial charge in [0.2, 0.25) is 0 Å². The van der Waals surface area contributed by atoms with Gasteiger partial charge in [-0.25, -0.2) is 8.42 Å². The molecule has 0 fully saturated rings. The summed E-state index contributed by atoms with van der Waals surface area (Å²) in [6.45, 7) is 0. The molecule has 136 valence electrons. The molecule has 0 heterocycles. The summed E-state index contributed by atoms with van der Waals surface area (Å²) in [6.07, 6.45) is 0. The molecule has 0 spiro atoms. The summed E-state index contributed by atoms with van der Waals surface area (Å²) in [5.41, 5.74) is 0.601. The summed E-state index contributed by atoms with van der Waals surface area (Å²) in [4.78, 5) is 0. The number of rotatable bonds is 8. The summed E-state index contributed by atoms with van der Waals surface area (Å²) >= 11 is 0. The summed E-state index contributed by atoms with van der Waals surface area (Å²) in [6, 6.07) is 16.7. The van der Waals surface area contributed by atoms with Crippen molar-refractivity contribution in [2.24, 2.45) is 0 Å². The molecular weight excluding hydrogens is 344 g/mol. The van der Waals surface area contributed by atoms with Crippen molar-refractivity contribution in [3.05, 3.63) is 71.8 Å². The van der Waals surface area contributed by atoms with E-state index in [-0.39, 0.29) is 0 Å². The second-order valence-corrected chi connectivity index (χ2v) is 7.25. The van der Waals surface area contributed by atoms with Crippen LogP contribution in [0.25, 0.3) is 0 Å². The minimum atomic E-state index is -4.38. The Balaban J connectivity index is 2.79. The van der Waals surface area contributed by atoms with Crippen molar-refractivity contribution in [1.29, 1.82) is 0 Å². The van der Waals surface area contributed by atoms with E-state index < -0.39 is 20.1 Å². The Morgan fingerprint density at radius 3 is 1.12 bits per heavy atom. The summed E-state index contributed by atoms with van der Waals surface area (Å²) < 4.78 is 49.0. The lowest BCUT2D eigenvalue weighted by molar-refractivity contribution is -0.184. The van der Waals surface area contributed by atoms with Crippen LogP contribution in [0.2, 0.25) is 0 Å². The first-order chi connectivity index (χ1) is 12.0. The van der Waals surface area contributed by atoms with Gasteiger partial charge in [0, 0.05) is 39.6 Å². The van der Waals surface area contributed by atoms with Gasteiger partial charge in [0.25, 0.3) is 9.84 Å². The molecular formula is C18H22O6S. The van der Waals surface area contributed by atoms with Crippen LogP contribution in [-0.2, 0) is 39.0 Å². The molecule has 0 unspecified atom stereocenters. The molecule has 0 amide bonds. The van der Waals surface area contributed by atoms with Crippen LogP contribution in [-0.4, -0.2) is 36.9 Å². The molecule has 0 aliphatic carbocycles. The highest BCUT2D eigenvalue weighted by Gasteiger charge is 2.61. The van der Waals surface area contributed by atoms with E-state index >= 15 is 0 Å². The molecule has 0 atom stereocenters. The highest BCUT2D eigenvalue weighted by Crippen LogP contribution is 2.45. The zero-order valence-electron chi connectivity index (χ0n) is 14.6. The first kappa shape index (κ1) is 19.6. The van der Waals surface area contributed by atoms with Crippen molar-refractivity contribution in [3.63, 3.8) is 0 Å².